The molecule has 2 atom stereocenters. The lowest BCUT2D eigenvalue weighted by Gasteiger charge is -2.35. The molecule has 0 spiro atoms. The molecule has 0 radical (unpaired) electrons. The molecule has 1 amide bonds. The van der Waals surface area contributed by atoms with Gasteiger partial charge in [0.2, 0.25) is 11.1 Å². The fraction of sp³-hybridized carbons (Fsp3) is 0.500. The summed E-state index contributed by atoms with van der Waals surface area (Å²) in [4.78, 5) is 18.7. The van der Waals surface area contributed by atoms with Crippen molar-refractivity contribution in [1.29, 1.82) is 0 Å². The molecule has 0 bridgehead atoms. The normalized spacial score (nSPS) is 20.7. The summed E-state index contributed by atoms with van der Waals surface area (Å²) in [6.07, 6.45) is 1.18. The van der Waals surface area contributed by atoms with Crippen LogP contribution in [-0.2, 0) is 16.0 Å². The van der Waals surface area contributed by atoms with Crippen LogP contribution in [0.25, 0.3) is 11.4 Å². The third-order valence-electron chi connectivity index (χ3n) is 4.20. The van der Waals surface area contributed by atoms with E-state index in [0.29, 0.717) is 24.0 Å². The highest BCUT2D eigenvalue weighted by molar-refractivity contribution is 7.99. The van der Waals surface area contributed by atoms with Crippen LogP contribution >= 0.6 is 11.8 Å². The summed E-state index contributed by atoms with van der Waals surface area (Å²) in [7, 11) is 0. The Balaban J connectivity index is 1.57. The van der Waals surface area contributed by atoms with Crippen molar-refractivity contribution in [3.8, 4) is 11.4 Å². The van der Waals surface area contributed by atoms with Gasteiger partial charge in [0.1, 0.15) is 0 Å². The highest BCUT2D eigenvalue weighted by Gasteiger charge is 2.25. The van der Waals surface area contributed by atoms with Gasteiger partial charge in [-0.1, -0.05) is 43.0 Å². The first kappa shape index (κ1) is 17.9. The number of hydrogen-bond acceptors (Lipinski definition) is 5. The number of carbonyl (C=O) groups excluding carboxylic acids is 1. The van der Waals surface area contributed by atoms with Crippen LogP contribution in [0, 0.1) is 0 Å². The number of aromatic nitrogens is 3. The highest BCUT2D eigenvalue weighted by atomic mass is 32.2. The Hall–Kier alpha value is -1.86. The summed E-state index contributed by atoms with van der Waals surface area (Å²) >= 11 is 1.36. The first-order chi connectivity index (χ1) is 12.0. The molecule has 2 aromatic rings. The molecule has 1 saturated heterocycles. The maximum absolute atomic E-state index is 12.4. The van der Waals surface area contributed by atoms with Gasteiger partial charge in [-0.15, -0.1) is 5.10 Å². The Morgan fingerprint density at radius 3 is 2.60 bits per heavy atom. The molecule has 1 N–H and O–H groups in total. The van der Waals surface area contributed by atoms with E-state index in [1.165, 1.54) is 17.3 Å². The first-order valence-electron chi connectivity index (χ1n) is 8.63. The topological polar surface area (TPSA) is 71.1 Å². The third kappa shape index (κ3) is 4.61. The largest absolute Gasteiger partial charge is 0.372 e. The molecule has 134 valence electrons. The molecule has 6 nitrogen and oxygen atoms in total. The Bertz CT molecular complexity index is 706. The smallest absolute Gasteiger partial charge is 0.233 e. The monoisotopic (exact) mass is 360 g/mol. The van der Waals surface area contributed by atoms with Crippen molar-refractivity contribution in [3.63, 3.8) is 0 Å². The minimum Gasteiger partial charge on any atom is -0.372 e. The van der Waals surface area contributed by atoms with Crippen LogP contribution in [0.2, 0.25) is 0 Å². The van der Waals surface area contributed by atoms with Gasteiger partial charge in [0, 0.05) is 18.7 Å². The van der Waals surface area contributed by atoms with Crippen molar-refractivity contribution < 1.29 is 9.53 Å². The fourth-order valence-corrected chi connectivity index (χ4v) is 3.64. The van der Waals surface area contributed by atoms with Crippen LogP contribution in [0.5, 0.6) is 0 Å². The SMILES string of the molecule is CCc1ccc(-c2nc(SCC(=O)N3C[C@H](C)O[C@@H](C)C3)n[nH]2)cc1. The van der Waals surface area contributed by atoms with Gasteiger partial charge in [0.05, 0.1) is 18.0 Å². The molecule has 0 aliphatic carbocycles. The van der Waals surface area contributed by atoms with Crippen LogP contribution in [0.1, 0.15) is 26.3 Å². The number of ether oxygens (including phenoxy) is 1. The Morgan fingerprint density at radius 2 is 1.96 bits per heavy atom. The number of aromatic amines is 1. The molecule has 1 aromatic heterocycles. The highest BCUT2D eigenvalue weighted by Crippen LogP contribution is 2.21. The van der Waals surface area contributed by atoms with Crippen molar-refractivity contribution >= 4 is 17.7 Å². The first-order valence-corrected chi connectivity index (χ1v) is 9.61. The molecule has 0 saturated carbocycles. The van der Waals surface area contributed by atoms with E-state index in [1.807, 2.05) is 30.9 Å². The van der Waals surface area contributed by atoms with E-state index in [0.717, 1.165) is 17.8 Å². The number of benzene rings is 1. The van der Waals surface area contributed by atoms with E-state index >= 15 is 0 Å². The van der Waals surface area contributed by atoms with Crippen molar-refractivity contribution in [3.05, 3.63) is 29.8 Å². The molecule has 7 heteroatoms. The third-order valence-corrected chi connectivity index (χ3v) is 5.03. The lowest BCUT2D eigenvalue weighted by Crippen LogP contribution is -2.48. The van der Waals surface area contributed by atoms with E-state index in [4.69, 9.17) is 4.74 Å². The summed E-state index contributed by atoms with van der Waals surface area (Å²) in [5.41, 5.74) is 2.29. The number of rotatable bonds is 5. The zero-order valence-corrected chi connectivity index (χ0v) is 15.7. The quantitative estimate of drug-likeness (QED) is 0.830. The van der Waals surface area contributed by atoms with Gasteiger partial charge in [0.15, 0.2) is 5.82 Å². The molecule has 25 heavy (non-hydrogen) atoms. The number of hydrogen-bond donors (Lipinski definition) is 1. The molecule has 1 fully saturated rings. The Labute approximate surface area is 152 Å². The molecule has 1 aliphatic rings. The number of aryl methyl sites for hydroxylation is 1. The van der Waals surface area contributed by atoms with Crippen molar-refractivity contribution in [2.24, 2.45) is 0 Å². The standard InChI is InChI=1S/C18H24N4O2S/c1-4-14-5-7-15(8-6-14)17-19-18(21-20-17)25-11-16(23)22-9-12(2)24-13(3)10-22/h5-8,12-13H,4,9-11H2,1-3H3,(H,19,20,21)/t12-,13-/m0/s1. The average Bonchev–Trinajstić information content (AvgIpc) is 3.08. The van der Waals surface area contributed by atoms with Gasteiger partial charge in [-0.3, -0.25) is 9.89 Å². The minimum atomic E-state index is 0.0823. The maximum Gasteiger partial charge on any atom is 0.233 e. The number of amides is 1. The van der Waals surface area contributed by atoms with Gasteiger partial charge in [-0.05, 0) is 25.8 Å². The summed E-state index contributed by atoms with van der Waals surface area (Å²) in [6.45, 7) is 7.41. The van der Waals surface area contributed by atoms with Gasteiger partial charge in [0.25, 0.3) is 0 Å². The molecular formula is C18H24N4O2S. The Morgan fingerprint density at radius 1 is 1.28 bits per heavy atom. The van der Waals surface area contributed by atoms with Crippen molar-refractivity contribution in [2.45, 2.75) is 44.6 Å². The summed E-state index contributed by atoms with van der Waals surface area (Å²) < 4.78 is 5.67. The average molecular weight is 360 g/mol. The summed E-state index contributed by atoms with van der Waals surface area (Å²) in [5, 5.41) is 7.76. The molecule has 2 heterocycles. The van der Waals surface area contributed by atoms with Crippen LogP contribution in [-0.4, -0.2) is 57.0 Å². The van der Waals surface area contributed by atoms with E-state index in [2.05, 4.69) is 34.2 Å². The summed E-state index contributed by atoms with van der Waals surface area (Å²) in [6, 6.07) is 8.26. The predicted molar refractivity (Wildman–Crippen MR) is 98.5 cm³/mol. The van der Waals surface area contributed by atoms with Gasteiger partial charge >= 0.3 is 0 Å². The van der Waals surface area contributed by atoms with Gasteiger partial charge < -0.3 is 9.64 Å². The summed E-state index contributed by atoms with van der Waals surface area (Å²) in [5.74, 6) is 1.17. The zero-order valence-electron chi connectivity index (χ0n) is 14.9. The fourth-order valence-electron chi connectivity index (χ4n) is 2.94. The number of morpholine rings is 1. The molecule has 1 aromatic carbocycles. The van der Waals surface area contributed by atoms with E-state index in [-0.39, 0.29) is 18.1 Å². The van der Waals surface area contributed by atoms with Crippen LogP contribution in [0.15, 0.2) is 29.4 Å². The number of nitrogens with one attached hydrogen (secondary N) is 1. The minimum absolute atomic E-state index is 0.0823. The molecule has 0 unspecified atom stereocenters. The number of H-pyrrole nitrogens is 1. The second-order valence-corrected chi connectivity index (χ2v) is 7.30. The molecule has 3 rings (SSSR count). The second kappa shape index (κ2) is 8.01. The Kier molecular flexibility index (Phi) is 5.75. The van der Waals surface area contributed by atoms with Crippen LogP contribution < -0.4 is 0 Å². The number of thioether (sulfide) groups is 1. The van der Waals surface area contributed by atoms with E-state index < -0.39 is 0 Å². The lowest BCUT2D eigenvalue weighted by molar-refractivity contribution is -0.140. The van der Waals surface area contributed by atoms with E-state index in [9.17, 15) is 4.79 Å². The lowest BCUT2D eigenvalue weighted by atomic mass is 10.1. The number of carbonyl (C=O) groups is 1. The van der Waals surface area contributed by atoms with Gasteiger partial charge in [-0.25, -0.2) is 4.98 Å². The van der Waals surface area contributed by atoms with Crippen LogP contribution in [0.3, 0.4) is 0 Å². The van der Waals surface area contributed by atoms with Crippen LogP contribution in [0.4, 0.5) is 0 Å². The second-order valence-electron chi connectivity index (χ2n) is 6.36. The van der Waals surface area contributed by atoms with Gasteiger partial charge in [-0.2, -0.15) is 0 Å². The number of nitrogens with zero attached hydrogens (tertiary/aromatic N) is 3. The maximum atomic E-state index is 12.4. The predicted octanol–water partition coefficient (Wildman–Crippen LogP) is 2.76. The van der Waals surface area contributed by atoms with Crippen molar-refractivity contribution in [1.82, 2.24) is 20.1 Å². The zero-order chi connectivity index (χ0) is 17.8. The van der Waals surface area contributed by atoms with E-state index in [1.54, 1.807) is 0 Å². The molecule has 1 aliphatic heterocycles. The molecular weight excluding hydrogens is 336 g/mol. The van der Waals surface area contributed by atoms with Crippen molar-refractivity contribution in [2.75, 3.05) is 18.8 Å².